The van der Waals surface area contributed by atoms with Crippen molar-refractivity contribution in [2.24, 2.45) is 0 Å². The molecule has 0 bridgehead atoms. The molecule has 0 fully saturated rings. The van der Waals surface area contributed by atoms with Gasteiger partial charge in [0.05, 0.1) is 5.69 Å². The maximum absolute atomic E-state index is 3.47. The summed E-state index contributed by atoms with van der Waals surface area (Å²) in [5.74, 6) is 0. The second-order valence-electron chi connectivity index (χ2n) is 3.02. The van der Waals surface area contributed by atoms with E-state index in [0.717, 1.165) is 4.47 Å². The van der Waals surface area contributed by atoms with Crippen molar-refractivity contribution in [2.75, 3.05) is 11.9 Å². The molecule has 1 aromatic carbocycles. The predicted octanol–water partition coefficient (Wildman–Crippen LogP) is 4.28. The van der Waals surface area contributed by atoms with Crippen LogP contribution in [0.5, 0.6) is 0 Å². The Morgan fingerprint density at radius 1 is 1.21 bits per heavy atom. The molecule has 2 aromatic rings. The number of rotatable bonds is 2. The van der Waals surface area contributed by atoms with Crippen molar-refractivity contribution in [3.05, 3.63) is 45.6 Å². The fourth-order valence-electron chi connectivity index (χ4n) is 1.28. The number of thiophene rings is 1. The van der Waals surface area contributed by atoms with Gasteiger partial charge in [0, 0.05) is 22.6 Å². The van der Waals surface area contributed by atoms with Crippen LogP contribution in [-0.2, 0) is 0 Å². The van der Waals surface area contributed by atoms with Crippen LogP contribution in [0.1, 0.15) is 0 Å². The standard InChI is InChI=1S/C11H10BrNS/c1-13(11-5-6-14-8-11)10-4-2-3-9(12)7-10/h2-8H,1H3. The minimum absolute atomic E-state index is 1.11. The molecule has 1 nitrogen and oxygen atoms in total. The third-order valence-electron chi connectivity index (χ3n) is 2.09. The lowest BCUT2D eigenvalue weighted by Crippen LogP contribution is -2.07. The molecule has 72 valence electrons. The molecule has 3 heteroatoms. The van der Waals surface area contributed by atoms with Gasteiger partial charge in [-0.15, -0.1) is 0 Å². The van der Waals surface area contributed by atoms with E-state index in [1.807, 2.05) is 12.1 Å². The first-order chi connectivity index (χ1) is 6.77. The maximum atomic E-state index is 3.47. The molecule has 0 atom stereocenters. The molecule has 0 aliphatic heterocycles. The molecule has 2 rings (SSSR count). The maximum Gasteiger partial charge on any atom is 0.0516 e. The van der Waals surface area contributed by atoms with Crippen LogP contribution in [0, 0.1) is 0 Å². The molecule has 1 aromatic heterocycles. The number of anilines is 2. The van der Waals surface area contributed by atoms with Crippen LogP contribution in [0.2, 0.25) is 0 Å². The number of halogens is 1. The van der Waals surface area contributed by atoms with Crippen LogP contribution in [0.4, 0.5) is 11.4 Å². The SMILES string of the molecule is CN(c1ccsc1)c1cccc(Br)c1. The van der Waals surface area contributed by atoms with Gasteiger partial charge in [0.1, 0.15) is 0 Å². The highest BCUT2D eigenvalue weighted by atomic mass is 79.9. The van der Waals surface area contributed by atoms with E-state index in [1.165, 1.54) is 11.4 Å². The first-order valence-electron chi connectivity index (χ1n) is 4.29. The van der Waals surface area contributed by atoms with E-state index in [4.69, 9.17) is 0 Å². The Labute approximate surface area is 96.1 Å². The third-order valence-corrected chi connectivity index (χ3v) is 3.25. The quantitative estimate of drug-likeness (QED) is 0.785. The van der Waals surface area contributed by atoms with Gasteiger partial charge in [-0.05, 0) is 29.6 Å². The van der Waals surface area contributed by atoms with Crippen molar-refractivity contribution in [1.29, 1.82) is 0 Å². The molecular weight excluding hydrogens is 258 g/mol. The highest BCUT2D eigenvalue weighted by molar-refractivity contribution is 9.10. The zero-order chi connectivity index (χ0) is 9.97. The minimum atomic E-state index is 1.11. The van der Waals surface area contributed by atoms with Gasteiger partial charge in [-0.1, -0.05) is 22.0 Å². The van der Waals surface area contributed by atoms with Crippen LogP contribution in [0.3, 0.4) is 0 Å². The van der Waals surface area contributed by atoms with E-state index in [1.54, 1.807) is 11.3 Å². The number of hydrogen-bond donors (Lipinski definition) is 0. The fourth-order valence-corrected chi connectivity index (χ4v) is 2.34. The van der Waals surface area contributed by atoms with Gasteiger partial charge in [0.2, 0.25) is 0 Å². The largest absolute Gasteiger partial charge is 0.344 e. The van der Waals surface area contributed by atoms with Crippen molar-refractivity contribution >= 4 is 38.6 Å². The van der Waals surface area contributed by atoms with Crippen LogP contribution in [0.15, 0.2) is 45.6 Å². The second kappa shape index (κ2) is 4.15. The average Bonchev–Trinajstić information content (AvgIpc) is 2.69. The molecule has 0 aliphatic carbocycles. The van der Waals surface area contributed by atoms with Gasteiger partial charge < -0.3 is 4.90 Å². The highest BCUT2D eigenvalue weighted by Gasteiger charge is 2.03. The van der Waals surface area contributed by atoms with E-state index in [9.17, 15) is 0 Å². The van der Waals surface area contributed by atoms with Gasteiger partial charge in [0.15, 0.2) is 0 Å². The molecule has 0 saturated heterocycles. The van der Waals surface area contributed by atoms with Crippen molar-refractivity contribution < 1.29 is 0 Å². The number of benzene rings is 1. The van der Waals surface area contributed by atoms with Crippen LogP contribution in [0.25, 0.3) is 0 Å². The topological polar surface area (TPSA) is 3.24 Å². The summed E-state index contributed by atoms with van der Waals surface area (Å²) in [6.45, 7) is 0. The molecule has 0 radical (unpaired) electrons. The molecular formula is C11H10BrNS. The summed E-state index contributed by atoms with van der Waals surface area (Å²) in [4.78, 5) is 2.17. The van der Waals surface area contributed by atoms with Crippen LogP contribution >= 0.6 is 27.3 Å². The molecule has 0 saturated carbocycles. The Balaban J connectivity index is 2.32. The molecule has 14 heavy (non-hydrogen) atoms. The smallest absolute Gasteiger partial charge is 0.0516 e. The van der Waals surface area contributed by atoms with Gasteiger partial charge >= 0.3 is 0 Å². The molecule has 0 amide bonds. The summed E-state index contributed by atoms with van der Waals surface area (Å²) in [5.41, 5.74) is 2.42. The molecule has 1 heterocycles. The first kappa shape index (κ1) is 9.74. The zero-order valence-electron chi connectivity index (χ0n) is 7.77. The van der Waals surface area contributed by atoms with Gasteiger partial charge in [-0.3, -0.25) is 0 Å². The molecule has 0 spiro atoms. The van der Waals surface area contributed by atoms with E-state index < -0.39 is 0 Å². The molecule has 0 unspecified atom stereocenters. The Morgan fingerprint density at radius 2 is 2.07 bits per heavy atom. The van der Waals surface area contributed by atoms with Crippen LogP contribution < -0.4 is 4.90 Å². The monoisotopic (exact) mass is 267 g/mol. The summed E-state index contributed by atoms with van der Waals surface area (Å²) in [5, 5.41) is 4.23. The number of hydrogen-bond acceptors (Lipinski definition) is 2. The van der Waals surface area contributed by atoms with Crippen molar-refractivity contribution in [2.45, 2.75) is 0 Å². The Morgan fingerprint density at radius 3 is 2.71 bits per heavy atom. The lowest BCUT2D eigenvalue weighted by Gasteiger charge is -2.17. The third kappa shape index (κ3) is 1.99. The van der Waals surface area contributed by atoms with Crippen molar-refractivity contribution in [1.82, 2.24) is 0 Å². The summed E-state index contributed by atoms with van der Waals surface area (Å²) in [6.07, 6.45) is 0. The summed E-state index contributed by atoms with van der Waals surface area (Å²) in [6, 6.07) is 10.4. The van der Waals surface area contributed by atoms with Gasteiger partial charge in [-0.2, -0.15) is 11.3 Å². The average molecular weight is 268 g/mol. The lowest BCUT2D eigenvalue weighted by atomic mass is 10.3. The zero-order valence-corrected chi connectivity index (χ0v) is 10.2. The van der Waals surface area contributed by atoms with Crippen molar-refractivity contribution in [3.8, 4) is 0 Å². The Kier molecular flexibility index (Phi) is 2.89. The van der Waals surface area contributed by atoms with Gasteiger partial charge in [0.25, 0.3) is 0 Å². The lowest BCUT2D eigenvalue weighted by molar-refractivity contribution is 1.22. The van der Waals surface area contributed by atoms with E-state index >= 15 is 0 Å². The van der Waals surface area contributed by atoms with E-state index in [-0.39, 0.29) is 0 Å². The minimum Gasteiger partial charge on any atom is -0.344 e. The van der Waals surface area contributed by atoms with Gasteiger partial charge in [-0.25, -0.2) is 0 Å². The fraction of sp³-hybridized carbons (Fsp3) is 0.0909. The first-order valence-corrected chi connectivity index (χ1v) is 6.02. The van der Waals surface area contributed by atoms with E-state index in [2.05, 4.69) is 56.8 Å². The van der Waals surface area contributed by atoms with Crippen LogP contribution in [-0.4, -0.2) is 7.05 Å². The molecule has 0 aliphatic rings. The highest BCUT2D eigenvalue weighted by Crippen LogP contribution is 2.27. The normalized spacial score (nSPS) is 10.1. The summed E-state index contributed by atoms with van der Waals surface area (Å²) < 4.78 is 1.11. The summed E-state index contributed by atoms with van der Waals surface area (Å²) >= 11 is 5.18. The van der Waals surface area contributed by atoms with E-state index in [0.29, 0.717) is 0 Å². The predicted molar refractivity (Wildman–Crippen MR) is 66.5 cm³/mol. The Bertz CT molecular complexity index is 411. The van der Waals surface area contributed by atoms with Crippen molar-refractivity contribution in [3.63, 3.8) is 0 Å². The number of nitrogens with zero attached hydrogens (tertiary/aromatic N) is 1. The second-order valence-corrected chi connectivity index (χ2v) is 4.72. The Hall–Kier alpha value is -0.800. The summed E-state index contributed by atoms with van der Waals surface area (Å²) in [7, 11) is 2.07. The molecule has 0 N–H and O–H groups in total.